The highest BCUT2D eigenvalue weighted by atomic mass is 32.2. The highest BCUT2D eigenvalue weighted by Crippen LogP contribution is 2.23. The molecule has 142 valence electrons. The fourth-order valence-electron chi connectivity index (χ4n) is 2.06. The second-order valence-electron chi connectivity index (χ2n) is 5.49. The van der Waals surface area contributed by atoms with Crippen molar-refractivity contribution in [1.82, 2.24) is 0 Å². The molecule has 0 aliphatic carbocycles. The van der Waals surface area contributed by atoms with Gasteiger partial charge in [-0.05, 0) is 49.4 Å². The maximum Gasteiger partial charge on any atom is 0.358 e. The summed E-state index contributed by atoms with van der Waals surface area (Å²) < 4.78 is 58.4. The Morgan fingerprint density at radius 1 is 0.889 bits per heavy atom. The van der Waals surface area contributed by atoms with E-state index in [1.54, 1.807) is 18.2 Å². The van der Waals surface area contributed by atoms with Crippen LogP contribution in [0.15, 0.2) is 75.6 Å². The molecule has 0 radical (unpaired) electrons. The average Bonchev–Trinajstić information content (AvgIpc) is 3.14. The second-order valence-corrected chi connectivity index (χ2v) is 9.61. The van der Waals surface area contributed by atoms with Gasteiger partial charge in [0.15, 0.2) is 0 Å². The monoisotopic (exact) mass is 425 g/mol. The number of rotatable bonds is 6. The van der Waals surface area contributed by atoms with Crippen molar-refractivity contribution in [3.63, 3.8) is 0 Å². The van der Waals surface area contributed by atoms with Gasteiger partial charge in [-0.3, -0.25) is 4.28 Å². The van der Waals surface area contributed by atoms with Crippen molar-refractivity contribution in [1.29, 1.82) is 0 Å². The first-order valence-corrected chi connectivity index (χ1v) is 11.5. The van der Waals surface area contributed by atoms with Gasteiger partial charge in [0.25, 0.3) is 0 Å². The number of thioether (sulfide) groups is 1. The van der Waals surface area contributed by atoms with Crippen LogP contribution in [0.3, 0.4) is 0 Å². The molecule has 0 aromatic heterocycles. The number of hydrogen-bond acceptors (Lipinski definition) is 8. The summed E-state index contributed by atoms with van der Waals surface area (Å²) in [6, 6.07) is 11.0. The summed E-state index contributed by atoms with van der Waals surface area (Å²) in [6.45, 7) is 1.84. The van der Waals surface area contributed by atoms with Gasteiger partial charge in [-0.15, -0.1) is 0 Å². The Kier molecular flexibility index (Phi) is 5.59. The lowest BCUT2D eigenvalue weighted by atomic mass is 10.2. The largest absolute Gasteiger partial charge is 0.379 e. The normalized spacial score (nSPS) is 15.8. The summed E-state index contributed by atoms with van der Waals surface area (Å²) in [4.78, 5) is -0.162. The molecule has 0 saturated heterocycles. The molecule has 0 spiro atoms. The molecule has 0 saturated carbocycles. The Bertz CT molecular complexity index is 1090. The van der Waals surface area contributed by atoms with Gasteiger partial charge in [-0.25, -0.2) is 0 Å². The highest BCUT2D eigenvalue weighted by Gasteiger charge is 2.19. The van der Waals surface area contributed by atoms with Crippen LogP contribution in [-0.2, 0) is 24.5 Å². The molecule has 0 atom stereocenters. The van der Waals surface area contributed by atoms with Gasteiger partial charge < -0.3 is 4.18 Å². The van der Waals surface area contributed by atoms with Crippen LogP contribution in [0.2, 0.25) is 0 Å². The van der Waals surface area contributed by atoms with Gasteiger partial charge in [-0.1, -0.05) is 40.7 Å². The lowest BCUT2D eigenvalue weighted by molar-refractivity contribution is 0.340. The van der Waals surface area contributed by atoms with Gasteiger partial charge in [0.05, 0.1) is 0 Å². The van der Waals surface area contributed by atoms with Crippen LogP contribution in [0, 0.1) is 6.92 Å². The second kappa shape index (κ2) is 7.75. The zero-order valence-corrected chi connectivity index (χ0v) is 16.6. The van der Waals surface area contributed by atoms with Crippen molar-refractivity contribution in [3.8, 4) is 5.75 Å². The van der Waals surface area contributed by atoms with E-state index in [0.717, 1.165) is 5.56 Å². The molecule has 10 heteroatoms. The van der Waals surface area contributed by atoms with Crippen LogP contribution in [-0.4, -0.2) is 27.6 Å². The molecule has 7 nitrogen and oxygen atoms in total. The molecule has 27 heavy (non-hydrogen) atoms. The van der Waals surface area contributed by atoms with Crippen LogP contribution < -0.4 is 4.18 Å². The smallest absolute Gasteiger partial charge is 0.358 e. The van der Waals surface area contributed by atoms with Gasteiger partial charge in [0, 0.05) is 5.75 Å². The van der Waals surface area contributed by atoms with E-state index in [0.29, 0.717) is 10.8 Å². The highest BCUT2D eigenvalue weighted by molar-refractivity contribution is 8.14. The molecular formula is C17H15NO6S3. The molecule has 0 bridgehead atoms. The number of oxime groups is 1. The maximum atomic E-state index is 12.3. The lowest BCUT2D eigenvalue weighted by Crippen LogP contribution is -2.10. The fraction of sp³-hybridized carbons (Fsp3) is 0.118. The van der Waals surface area contributed by atoms with Gasteiger partial charge in [-0.2, -0.15) is 16.8 Å². The molecule has 0 N–H and O–H groups in total. The van der Waals surface area contributed by atoms with E-state index in [1.807, 2.05) is 13.0 Å². The van der Waals surface area contributed by atoms with Crippen LogP contribution in [0.4, 0.5) is 0 Å². The zero-order valence-electron chi connectivity index (χ0n) is 14.1. The molecule has 2 aromatic rings. The summed E-state index contributed by atoms with van der Waals surface area (Å²) >= 11 is 1.35. The van der Waals surface area contributed by atoms with E-state index < -0.39 is 20.2 Å². The maximum absolute atomic E-state index is 12.3. The van der Waals surface area contributed by atoms with E-state index in [1.165, 1.54) is 48.2 Å². The van der Waals surface area contributed by atoms with Gasteiger partial charge in [0.2, 0.25) is 0 Å². The van der Waals surface area contributed by atoms with Gasteiger partial charge >= 0.3 is 20.2 Å². The van der Waals surface area contributed by atoms with E-state index >= 15 is 0 Å². The quantitative estimate of drug-likeness (QED) is 0.518. The van der Waals surface area contributed by atoms with Crippen molar-refractivity contribution in [3.05, 3.63) is 66.2 Å². The molecule has 2 aromatic carbocycles. The zero-order chi connectivity index (χ0) is 19.5. The lowest BCUT2D eigenvalue weighted by Gasteiger charge is -2.08. The van der Waals surface area contributed by atoms with E-state index in [9.17, 15) is 16.8 Å². The number of hydrogen-bond donors (Lipinski definition) is 0. The summed E-state index contributed by atoms with van der Waals surface area (Å²) in [6.07, 6.45) is 3.49. The Balaban J connectivity index is 1.74. The van der Waals surface area contributed by atoms with E-state index in [2.05, 4.69) is 9.44 Å². The summed E-state index contributed by atoms with van der Waals surface area (Å²) in [7, 11) is -8.12. The predicted octanol–water partition coefficient (Wildman–Crippen LogP) is 3.08. The summed E-state index contributed by atoms with van der Waals surface area (Å²) in [5.74, 6) is 0.694. The molecule has 0 fully saturated rings. The van der Waals surface area contributed by atoms with Crippen LogP contribution in [0.1, 0.15) is 5.56 Å². The predicted molar refractivity (Wildman–Crippen MR) is 103 cm³/mol. The average molecular weight is 426 g/mol. The Hall–Kier alpha value is -2.30. The fourth-order valence-corrected chi connectivity index (χ4v) is 4.41. The summed E-state index contributed by atoms with van der Waals surface area (Å²) in [5.41, 5.74) is 0.915. The minimum atomic E-state index is -4.10. The minimum absolute atomic E-state index is 0.00562. The van der Waals surface area contributed by atoms with Gasteiger partial charge in [0.1, 0.15) is 20.6 Å². The molecule has 0 amide bonds. The molecule has 1 heterocycles. The Morgan fingerprint density at radius 3 is 2.07 bits per heavy atom. The van der Waals surface area contributed by atoms with E-state index in [-0.39, 0.29) is 15.5 Å². The van der Waals surface area contributed by atoms with E-state index in [4.69, 9.17) is 4.18 Å². The third-order valence-corrected chi connectivity index (χ3v) is 6.69. The number of nitrogens with zero attached hydrogens (tertiary/aromatic N) is 1. The van der Waals surface area contributed by atoms with Crippen LogP contribution >= 0.6 is 11.8 Å². The van der Waals surface area contributed by atoms with Crippen molar-refractivity contribution < 1.29 is 25.3 Å². The third-order valence-electron chi connectivity index (χ3n) is 3.44. The van der Waals surface area contributed by atoms with Crippen molar-refractivity contribution in [2.75, 3.05) is 5.75 Å². The first kappa shape index (κ1) is 19.5. The SMILES string of the molecule is Cc1ccc(S(=O)(=O)Oc2ccc(S(=O)(=O)ON=C3C=CCS3)cc2)cc1. The third kappa shape index (κ3) is 4.90. The first-order valence-electron chi connectivity index (χ1n) is 7.68. The van der Waals surface area contributed by atoms with Crippen molar-refractivity contribution in [2.24, 2.45) is 5.16 Å². The Morgan fingerprint density at radius 2 is 1.48 bits per heavy atom. The molecule has 0 unspecified atom stereocenters. The standard InChI is InChI=1S/C17H15NO6S3/c1-13-4-8-15(9-5-13)26(19,20)23-14-6-10-16(11-7-14)27(21,22)24-18-17-3-2-12-25-17/h2-11H,12H2,1H3. The number of aryl methyl sites for hydroxylation is 1. The Labute approximate surface area is 161 Å². The molecule has 1 aliphatic heterocycles. The minimum Gasteiger partial charge on any atom is -0.379 e. The van der Waals surface area contributed by atoms with Crippen molar-refractivity contribution in [2.45, 2.75) is 16.7 Å². The van der Waals surface area contributed by atoms with Crippen molar-refractivity contribution >= 4 is 37.0 Å². The van der Waals surface area contributed by atoms with Crippen LogP contribution in [0.25, 0.3) is 0 Å². The summed E-state index contributed by atoms with van der Waals surface area (Å²) in [5, 5.41) is 4.04. The number of benzene rings is 2. The molecule has 3 rings (SSSR count). The molecule has 1 aliphatic rings. The topological polar surface area (TPSA) is 99.1 Å². The van der Waals surface area contributed by atoms with Crippen LogP contribution in [0.5, 0.6) is 5.75 Å². The molecular weight excluding hydrogens is 410 g/mol. The first-order chi connectivity index (χ1) is 12.8.